The molecule has 0 amide bonds. The Morgan fingerprint density at radius 1 is 1.21 bits per heavy atom. The molecule has 1 heterocycles. The van der Waals surface area contributed by atoms with Crippen LogP contribution in [-0.2, 0) is 0 Å². The van der Waals surface area contributed by atoms with Crippen LogP contribution in [-0.4, -0.2) is 9.91 Å². The first kappa shape index (κ1) is 13.4. The van der Waals surface area contributed by atoms with Crippen LogP contribution in [0.1, 0.15) is 0 Å². The van der Waals surface area contributed by atoms with Gasteiger partial charge in [-0.05, 0) is 24.3 Å². The van der Waals surface area contributed by atoms with Crippen molar-refractivity contribution in [3.63, 3.8) is 0 Å². The number of halogens is 2. The first-order valence-corrected chi connectivity index (χ1v) is 5.85. The minimum atomic E-state index is -0.595. The van der Waals surface area contributed by atoms with Crippen LogP contribution < -0.4 is 11.1 Å². The van der Waals surface area contributed by atoms with Gasteiger partial charge in [0.25, 0.3) is 0 Å². The summed E-state index contributed by atoms with van der Waals surface area (Å²) in [7, 11) is 0. The van der Waals surface area contributed by atoms with Gasteiger partial charge in [-0.25, -0.2) is 4.98 Å². The largest absolute Gasteiger partial charge is 0.378 e. The summed E-state index contributed by atoms with van der Waals surface area (Å²) >= 11 is 11.7. The summed E-state index contributed by atoms with van der Waals surface area (Å²) in [5.74, 6) is 0.199. The van der Waals surface area contributed by atoms with Crippen molar-refractivity contribution in [3.8, 4) is 0 Å². The lowest BCUT2D eigenvalue weighted by Crippen LogP contribution is -2.01. The van der Waals surface area contributed by atoms with Crippen molar-refractivity contribution in [2.24, 2.45) is 0 Å². The summed E-state index contributed by atoms with van der Waals surface area (Å²) in [5, 5.41) is 14.4. The van der Waals surface area contributed by atoms with E-state index in [1.54, 1.807) is 18.2 Å². The zero-order chi connectivity index (χ0) is 14.0. The lowest BCUT2D eigenvalue weighted by Gasteiger charge is -2.07. The van der Waals surface area contributed by atoms with E-state index in [0.29, 0.717) is 21.6 Å². The van der Waals surface area contributed by atoms with Crippen molar-refractivity contribution in [2.75, 3.05) is 11.1 Å². The second-order valence-electron chi connectivity index (χ2n) is 3.64. The second-order valence-corrected chi connectivity index (χ2v) is 4.51. The molecule has 0 radical (unpaired) electrons. The molecule has 1 aromatic carbocycles. The molecule has 19 heavy (non-hydrogen) atoms. The fourth-order valence-corrected chi connectivity index (χ4v) is 1.99. The Morgan fingerprint density at radius 3 is 2.37 bits per heavy atom. The number of benzene rings is 1. The predicted molar refractivity (Wildman–Crippen MR) is 75.0 cm³/mol. The van der Waals surface area contributed by atoms with Crippen molar-refractivity contribution in [1.29, 1.82) is 0 Å². The zero-order valence-corrected chi connectivity index (χ0v) is 10.9. The SMILES string of the molecule is Nc1nc(Nc2cc(Cl)cc(Cl)c2)ccc1[N+](=O)[O-]. The lowest BCUT2D eigenvalue weighted by atomic mass is 10.3. The standard InChI is InChI=1S/C11H8Cl2N4O2/c12-6-3-7(13)5-8(4-6)15-10-2-1-9(17(18)19)11(14)16-10/h1-5H,(H3,14,15,16). The second kappa shape index (κ2) is 5.29. The van der Waals surface area contributed by atoms with Gasteiger partial charge >= 0.3 is 5.69 Å². The molecule has 0 bridgehead atoms. The Balaban J connectivity index is 2.28. The van der Waals surface area contributed by atoms with Crippen molar-refractivity contribution >= 4 is 46.2 Å². The molecule has 0 saturated carbocycles. The zero-order valence-electron chi connectivity index (χ0n) is 9.43. The maximum atomic E-state index is 10.6. The number of pyridine rings is 1. The molecule has 0 aliphatic heterocycles. The number of hydrogen-bond donors (Lipinski definition) is 2. The van der Waals surface area contributed by atoms with Gasteiger partial charge in [0.05, 0.1) is 4.92 Å². The van der Waals surface area contributed by atoms with Gasteiger partial charge in [0.15, 0.2) is 0 Å². The monoisotopic (exact) mass is 298 g/mol. The van der Waals surface area contributed by atoms with Crippen LogP contribution >= 0.6 is 23.2 Å². The van der Waals surface area contributed by atoms with E-state index < -0.39 is 4.92 Å². The number of hydrogen-bond acceptors (Lipinski definition) is 5. The Labute approximate surface area is 118 Å². The first-order valence-electron chi connectivity index (χ1n) is 5.10. The van der Waals surface area contributed by atoms with E-state index in [-0.39, 0.29) is 11.5 Å². The highest BCUT2D eigenvalue weighted by atomic mass is 35.5. The van der Waals surface area contributed by atoms with Crippen LogP contribution in [0.3, 0.4) is 0 Å². The molecule has 0 atom stereocenters. The number of nitrogens with one attached hydrogen (secondary N) is 1. The van der Waals surface area contributed by atoms with Gasteiger partial charge in [-0.1, -0.05) is 23.2 Å². The van der Waals surface area contributed by atoms with E-state index in [1.807, 2.05) is 0 Å². The fourth-order valence-electron chi connectivity index (χ4n) is 1.47. The molecular formula is C11H8Cl2N4O2. The summed E-state index contributed by atoms with van der Waals surface area (Å²) in [6, 6.07) is 7.60. The Bertz CT molecular complexity index is 628. The number of aromatic nitrogens is 1. The van der Waals surface area contributed by atoms with Crippen LogP contribution in [0.15, 0.2) is 30.3 Å². The summed E-state index contributed by atoms with van der Waals surface area (Å²) in [5.41, 5.74) is 5.86. The van der Waals surface area contributed by atoms with E-state index in [9.17, 15) is 10.1 Å². The van der Waals surface area contributed by atoms with Crippen LogP contribution in [0, 0.1) is 10.1 Å². The summed E-state index contributed by atoms with van der Waals surface area (Å²) in [4.78, 5) is 13.9. The van der Waals surface area contributed by atoms with Crippen LogP contribution in [0.2, 0.25) is 10.0 Å². The van der Waals surface area contributed by atoms with Gasteiger partial charge in [-0.15, -0.1) is 0 Å². The van der Waals surface area contributed by atoms with Gasteiger partial charge in [0.2, 0.25) is 5.82 Å². The van der Waals surface area contributed by atoms with E-state index >= 15 is 0 Å². The number of anilines is 3. The van der Waals surface area contributed by atoms with Crippen molar-refractivity contribution < 1.29 is 4.92 Å². The van der Waals surface area contributed by atoms with Gasteiger partial charge in [-0.3, -0.25) is 10.1 Å². The van der Waals surface area contributed by atoms with Crippen molar-refractivity contribution in [1.82, 2.24) is 4.98 Å². The van der Waals surface area contributed by atoms with Crippen LogP contribution in [0.4, 0.5) is 23.0 Å². The highest BCUT2D eigenvalue weighted by Crippen LogP contribution is 2.26. The van der Waals surface area contributed by atoms with E-state index in [0.717, 1.165) is 0 Å². The third kappa shape index (κ3) is 3.24. The third-order valence-electron chi connectivity index (χ3n) is 2.23. The number of rotatable bonds is 3. The number of nitrogens with zero attached hydrogens (tertiary/aromatic N) is 2. The highest BCUT2D eigenvalue weighted by Gasteiger charge is 2.12. The number of nitrogen functional groups attached to an aromatic ring is 1. The minimum absolute atomic E-state index is 0.164. The predicted octanol–water partition coefficient (Wildman–Crippen LogP) is 3.62. The maximum absolute atomic E-state index is 10.6. The summed E-state index contributed by atoms with van der Waals surface area (Å²) < 4.78 is 0. The van der Waals surface area contributed by atoms with Crippen LogP contribution in [0.25, 0.3) is 0 Å². The third-order valence-corrected chi connectivity index (χ3v) is 2.67. The molecular weight excluding hydrogens is 291 g/mol. The molecule has 1 aromatic heterocycles. The quantitative estimate of drug-likeness (QED) is 0.666. The van der Waals surface area contributed by atoms with Gasteiger partial charge in [-0.2, -0.15) is 0 Å². The smallest absolute Gasteiger partial charge is 0.311 e. The molecule has 0 fully saturated rings. The van der Waals surface area contributed by atoms with Gasteiger partial charge in [0.1, 0.15) is 5.82 Å². The molecule has 0 unspecified atom stereocenters. The lowest BCUT2D eigenvalue weighted by molar-refractivity contribution is -0.384. The number of nitrogens with two attached hydrogens (primary N) is 1. The van der Waals surface area contributed by atoms with Crippen molar-refractivity contribution in [3.05, 3.63) is 50.5 Å². The Morgan fingerprint density at radius 2 is 1.84 bits per heavy atom. The molecule has 2 rings (SSSR count). The molecule has 8 heteroatoms. The average molecular weight is 299 g/mol. The van der Waals surface area contributed by atoms with Gasteiger partial charge in [0, 0.05) is 21.8 Å². The maximum Gasteiger partial charge on any atom is 0.311 e. The van der Waals surface area contributed by atoms with E-state index in [4.69, 9.17) is 28.9 Å². The molecule has 98 valence electrons. The normalized spacial score (nSPS) is 10.2. The molecule has 6 nitrogen and oxygen atoms in total. The fraction of sp³-hybridized carbons (Fsp3) is 0. The van der Waals surface area contributed by atoms with Gasteiger partial charge < -0.3 is 11.1 Å². The number of nitro groups is 1. The first-order chi connectivity index (χ1) is 8.95. The summed E-state index contributed by atoms with van der Waals surface area (Å²) in [6.45, 7) is 0. The van der Waals surface area contributed by atoms with Crippen molar-refractivity contribution in [2.45, 2.75) is 0 Å². The molecule has 0 aliphatic carbocycles. The molecule has 3 N–H and O–H groups in total. The molecule has 2 aromatic rings. The van der Waals surface area contributed by atoms with E-state index in [1.165, 1.54) is 12.1 Å². The van der Waals surface area contributed by atoms with Crippen LogP contribution in [0.5, 0.6) is 0 Å². The molecule has 0 saturated heterocycles. The highest BCUT2D eigenvalue weighted by molar-refractivity contribution is 6.35. The Hall–Kier alpha value is -2.05. The summed E-state index contributed by atoms with van der Waals surface area (Å²) in [6.07, 6.45) is 0. The average Bonchev–Trinajstić information content (AvgIpc) is 2.26. The topological polar surface area (TPSA) is 94.1 Å². The van der Waals surface area contributed by atoms with E-state index in [2.05, 4.69) is 10.3 Å². The molecule has 0 spiro atoms. The molecule has 0 aliphatic rings. The minimum Gasteiger partial charge on any atom is -0.378 e. The Kier molecular flexibility index (Phi) is 3.73.